The molecule has 4 rings (SSSR count). The molecule has 1 atom stereocenters. The summed E-state index contributed by atoms with van der Waals surface area (Å²) in [5.74, 6) is -0.304. The van der Waals surface area contributed by atoms with Gasteiger partial charge in [0, 0.05) is 41.1 Å². The van der Waals surface area contributed by atoms with Crippen LogP contribution in [0.3, 0.4) is 0 Å². The zero-order valence-corrected chi connectivity index (χ0v) is 17.6. The standard InChI is InChI=1S/C22H27ClN4O3/c23-15-6-7-18-17(12-15)14(13-24-18)10-11-27-21(29)19(26-22(27)30)8-9-20(28)25-16-4-2-1-3-5-16/h6-7,12-13,16,19,24H,1-5,8-11H2,(H,25,28)(H,26,30)/t19-/m1/s1. The Labute approximate surface area is 180 Å². The average Bonchev–Trinajstić information content (AvgIpc) is 3.25. The molecule has 0 bridgehead atoms. The molecule has 2 fully saturated rings. The van der Waals surface area contributed by atoms with Gasteiger partial charge >= 0.3 is 6.03 Å². The Morgan fingerprint density at radius 1 is 1.20 bits per heavy atom. The first-order valence-electron chi connectivity index (χ1n) is 10.7. The van der Waals surface area contributed by atoms with E-state index in [1.807, 2.05) is 24.4 Å². The molecule has 0 radical (unpaired) electrons. The summed E-state index contributed by atoms with van der Waals surface area (Å²) in [7, 11) is 0. The summed E-state index contributed by atoms with van der Waals surface area (Å²) in [5.41, 5.74) is 1.97. The van der Waals surface area contributed by atoms with Crippen molar-refractivity contribution in [3.8, 4) is 0 Å². The maximum absolute atomic E-state index is 12.7. The van der Waals surface area contributed by atoms with Gasteiger partial charge in [-0.05, 0) is 49.4 Å². The molecule has 2 aromatic rings. The number of halogens is 1. The van der Waals surface area contributed by atoms with Gasteiger partial charge in [-0.15, -0.1) is 0 Å². The van der Waals surface area contributed by atoms with Crippen LogP contribution in [0.25, 0.3) is 10.9 Å². The molecular weight excluding hydrogens is 404 g/mol. The Kier molecular flexibility index (Phi) is 6.27. The summed E-state index contributed by atoms with van der Waals surface area (Å²) in [5, 5.41) is 7.41. The monoisotopic (exact) mass is 430 g/mol. The number of hydrogen-bond donors (Lipinski definition) is 3. The van der Waals surface area contributed by atoms with Gasteiger partial charge in [0.05, 0.1) is 0 Å². The highest BCUT2D eigenvalue weighted by Crippen LogP contribution is 2.23. The van der Waals surface area contributed by atoms with E-state index < -0.39 is 12.1 Å². The molecule has 1 saturated carbocycles. The number of amides is 4. The first-order chi connectivity index (χ1) is 14.5. The van der Waals surface area contributed by atoms with Crippen molar-refractivity contribution in [2.45, 2.75) is 63.5 Å². The lowest BCUT2D eigenvalue weighted by Crippen LogP contribution is -2.38. The fourth-order valence-corrected chi connectivity index (χ4v) is 4.57. The van der Waals surface area contributed by atoms with Gasteiger partial charge in [-0.3, -0.25) is 14.5 Å². The summed E-state index contributed by atoms with van der Waals surface area (Å²) < 4.78 is 0. The molecular formula is C22H27ClN4O3. The number of imide groups is 1. The SMILES string of the molecule is O=C(CC[C@H]1NC(=O)N(CCc2c[nH]c3ccc(Cl)cc23)C1=O)NC1CCCCC1. The third kappa shape index (κ3) is 4.61. The lowest BCUT2D eigenvalue weighted by atomic mass is 9.95. The first kappa shape index (κ1) is 20.7. The molecule has 3 N–H and O–H groups in total. The molecule has 1 aliphatic heterocycles. The number of fused-ring (bicyclic) bond motifs is 1. The van der Waals surface area contributed by atoms with E-state index in [2.05, 4.69) is 15.6 Å². The maximum Gasteiger partial charge on any atom is 0.324 e. The van der Waals surface area contributed by atoms with E-state index in [-0.39, 0.29) is 30.8 Å². The minimum atomic E-state index is -0.632. The van der Waals surface area contributed by atoms with Crippen LogP contribution < -0.4 is 10.6 Å². The first-order valence-corrected chi connectivity index (χ1v) is 11.1. The van der Waals surface area contributed by atoms with Gasteiger partial charge in [-0.25, -0.2) is 4.79 Å². The third-order valence-corrected chi connectivity index (χ3v) is 6.31. The van der Waals surface area contributed by atoms with Crippen molar-refractivity contribution in [1.29, 1.82) is 0 Å². The fraction of sp³-hybridized carbons (Fsp3) is 0.500. The van der Waals surface area contributed by atoms with Crippen molar-refractivity contribution in [3.05, 3.63) is 35.0 Å². The second kappa shape index (κ2) is 9.08. The van der Waals surface area contributed by atoms with E-state index in [9.17, 15) is 14.4 Å². The molecule has 8 heteroatoms. The highest BCUT2D eigenvalue weighted by atomic mass is 35.5. The number of carbonyl (C=O) groups is 3. The van der Waals surface area contributed by atoms with Gasteiger partial charge in [-0.1, -0.05) is 30.9 Å². The number of rotatable bonds is 7. The Bertz CT molecular complexity index is 951. The molecule has 0 spiro atoms. The number of aromatic nitrogens is 1. The predicted octanol–water partition coefficient (Wildman–Crippen LogP) is 3.51. The summed E-state index contributed by atoms with van der Waals surface area (Å²) in [4.78, 5) is 41.6. The Hall–Kier alpha value is -2.54. The second-order valence-corrected chi connectivity index (χ2v) is 8.62. The highest BCUT2D eigenvalue weighted by molar-refractivity contribution is 6.31. The summed E-state index contributed by atoms with van der Waals surface area (Å²) in [6.07, 6.45) is 8.57. The molecule has 4 amide bonds. The Morgan fingerprint density at radius 2 is 2.00 bits per heavy atom. The predicted molar refractivity (Wildman–Crippen MR) is 115 cm³/mol. The van der Waals surface area contributed by atoms with E-state index in [0.717, 1.165) is 42.1 Å². The van der Waals surface area contributed by atoms with Crippen molar-refractivity contribution < 1.29 is 14.4 Å². The van der Waals surface area contributed by atoms with Crippen LogP contribution in [0.5, 0.6) is 0 Å². The lowest BCUT2D eigenvalue weighted by molar-refractivity contribution is -0.127. The lowest BCUT2D eigenvalue weighted by Gasteiger charge is -2.22. The molecule has 1 saturated heterocycles. The van der Waals surface area contributed by atoms with Crippen LogP contribution in [0.15, 0.2) is 24.4 Å². The number of aromatic amines is 1. The quantitative estimate of drug-likeness (QED) is 0.586. The number of carbonyl (C=O) groups excluding carboxylic acids is 3. The Morgan fingerprint density at radius 3 is 2.80 bits per heavy atom. The molecule has 0 unspecified atom stereocenters. The molecule has 1 aliphatic carbocycles. The largest absolute Gasteiger partial charge is 0.361 e. The van der Waals surface area contributed by atoms with Gasteiger partial charge in [0.15, 0.2) is 0 Å². The van der Waals surface area contributed by atoms with Crippen LogP contribution in [0.2, 0.25) is 5.02 Å². The number of nitrogens with zero attached hydrogens (tertiary/aromatic N) is 1. The molecule has 2 aliphatic rings. The number of nitrogens with one attached hydrogen (secondary N) is 3. The van der Waals surface area contributed by atoms with Crippen molar-refractivity contribution in [1.82, 2.24) is 20.5 Å². The third-order valence-electron chi connectivity index (χ3n) is 6.07. The molecule has 1 aromatic carbocycles. The van der Waals surface area contributed by atoms with Gasteiger partial charge in [0.25, 0.3) is 5.91 Å². The van der Waals surface area contributed by atoms with E-state index in [1.165, 1.54) is 11.3 Å². The maximum atomic E-state index is 12.7. The topological polar surface area (TPSA) is 94.3 Å². The van der Waals surface area contributed by atoms with Crippen LogP contribution in [0, 0.1) is 0 Å². The van der Waals surface area contributed by atoms with Crippen LogP contribution >= 0.6 is 11.6 Å². The van der Waals surface area contributed by atoms with Crippen LogP contribution in [-0.2, 0) is 16.0 Å². The Balaban J connectivity index is 1.29. The van der Waals surface area contributed by atoms with E-state index in [4.69, 9.17) is 11.6 Å². The smallest absolute Gasteiger partial charge is 0.324 e. The molecule has 30 heavy (non-hydrogen) atoms. The van der Waals surface area contributed by atoms with E-state index in [1.54, 1.807) is 0 Å². The van der Waals surface area contributed by atoms with Crippen molar-refractivity contribution >= 4 is 40.3 Å². The average molecular weight is 431 g/mol. The van der Waals surface area contributed by atoms with Crippen molar-refractivity contribution in [2.75, 3.05) is 6.54 Å². The van der Waals surface area contributed by atoms with Crippen molar-refractivity contribution in [2.24, 2.45) is 0 Å². The van der Waals surface area contributed by atoms with Crippen LogP contribution in [-0.4, -0.2) is 46.4 Å². The normalized spacial score (nSPS) is 20.0. The van der Waals surface area contributed by atoms with Gasteiger partial charge in [0.1, 0.15) is 6.04 Å². The minimum Gasteiger partial charge on any atom is -0.361 e. The zero-order chi connectivity index (χ0) is 21.1. The summed E-state index contributed by atoms with van der Waals surface area (Å²) >= 11 is 6.09. The number of H-pyrrole nitrogens is 1. The number of benzene rings is 1. The fourth-order valence-electron chi connectivity index (χ4n) is 4.40. The van der Waals surface area contributed by atoms with Crippen molar-refractivity contribution in [3.63, 3.8) is 0 Å². The van der Waals surface area contributed by atoms with Crippen LogP contribution in [0.1, 0.15) is 50.5 Å². The molecule has 160 valence electrons. The summed E-state index contributed by atoms with van der Waals surface area (Å²) in [6.45, 7) is 0.287. The van der Waals surface area contributed by atoms with Gasteiger partial charge < -0.3 is 15.6 Å². The van der Waals surface area contributed by atoms with Crippen LogP contribution in [0.4, 0.5) is 4.79 Å². The highest BCUT2D eigenvalue weighted by Gasteiger charge is 2.37. The van der Waals surface area contributed by atoms with Gasteiger partial charge in [-0.2, -0.15) is 0 Å². The molecule has 1 aromatic heterocycles. The zero-order valence-electron chi connectivity index (χ0n) is 16.9. The second-order valence-electron chi connectivity index (χ2n) is 8.19. The molecule has 2 heterocycles. The van der Waals surface area contributed by atoms with E-state index >= 15 is 0 Å². The minimum absolute atomic E-state index is 0.0435. The number of urea groups is 1. The number of hydrogen-bond acceptors (Lipinski definition) is 3. The summed E-state index contributed by atoms with van der Waals surface area (Å²) in [6, 6.07) is 4.83. The van der Waals surface area contributed by atoms with E-state index in [0.29, 0.717) is 17.9 Å². The molecule has 7 nitrogen and oxygen atoms in total. The van der Waals surface area contributed by atoms with Gasteiger partial charge in [0.2, 0.25) is 5.91 Å².